The molecule has 2 aromatic rings. The first-order valence-corrected chi connectivity index (χ1v) is 8.52. The molecule has 3 unspecified atom stereocenters. The van der Waals surface area contributed by atoms with E-state index in [9.17, 15) is 14.0 Å². The van der Waals surface area contributed by atoms with E-state index >= 15 is 0 Å². The van der Waals surface area contributed by atoms with Crippen LogP contribution in [-0.2, 0) is 16.0 Å². The molecule has 0 radical (unpaired) electrons. The first-order valence-electron chi connectivity index (χ1n) is 8.52. The number of hydrogen-bond acceptors (Lipinski definition) is 2. The largest absolute Gasteiger partial charge is 0.323 e. The Morgan fingerprint density at radius 2 is 1.80 bits per heavy atom. The summed E-state index contributed by atoms with van der Waals surface area (Å²) in [5.41, 5.74) is 2.27. The van der Waals surface area contributed by atoms with E-state index in [-0.39, 0.29) is 35.4 Å². The van der Waals surface area contributed by atoms with Crippen molar-refractivity contribution in [3.8, 4) is 0 Å². The zero-order valence-corrected chi connectivity index (χ0v) is 13.9. The first-order chi connectivity index (χ1) is 12.1. The first kappa shape index (κ1) is 15.8. The predicted octanol–water partition coefficient (Wildman–Crippen LogP) is 3.38. The number of halogens is 1. The number of nitrogens with one attached hydrogen (secondary N) is 1. The quantitative estimate of drug-likeness (QED) is 0.933. The smallest absolute Gasteiger partial charge is 0.231 e. The Labute approximate surface area is 145 Å². The number of benzene rings is 2. The molecule has 128 valence electrons. The average Bonchev–Trinajstić information content (AvgIpc) is 3.33. The number of fused-ring (bicyclic) bond motifs is 1. The van der Waals surface area contributed by atoms with Crippen molar-refractivity contribution in [2.75, 3.05) is 10.2 Å². The molecule has 5 heteroatoms. The molecule has 1 heterocycles. The van der Waals surface area contributed by atoms with Crippen LogP contribution in [0.5, 0.6) is 0 Å². The summed E-state index contributed by atoms with van der Waals surface area (Å²) >= 11 is 0. The van der Waals surface area contributed by atoms with Crippen molar-refractivity contribution in [2.45, 2.75) is 25.8 Å². The SMILES string of the molecule is CC1Cc2ccccc2N1C(=O)C1CC1C(=O)Nc1ccccc1F. The molecule has 25 heavy (non-hydrogen) atoms. The normalized spacial score (nSPS) is 23.9. The van der Waals surface area contributed by atoms with Crippen LogP contribution in [0.15, 0.2) is 48.5 Å². The summed E-state index contributed by atoms with van der Waals surface area (Å²) in [5, 5.41) is 2.59. The molecule has 3 atom stereocenters. The van der Waals surface area contributed by atoms with Gasteiger partial charge in [-0.1, -0.05) is 30.3 Å². The average molecular weight is 338 g/mol. The lowest BCUT2D eigenvalue weighted by Crippen LogP contribution is -2.37. The van der Waals surface area contributed by atoms with Crippen molar-refractivity contribution in [1.29, 1.82) is 0 Å². The standard InChI is InChI=1S/C20H19FN2O2/c1-12-10-13-6-2-5-9-18(13)23(12)20(25)15-11-14(15)19(24)22-17-8-4-3-7-16(17)21/h2-9,12,14-15H,10-11H2,1H3,(H,22,24). The summed E-state index contributed by atoms with van der Waals surface area (Å²) in [4.78, 5) is 27.0. The summed E-state index contributed by atoms with van der Waals surface area (Å²) in [7, 11) is 0. The van der Waals surface area contributed by atoms with Gasteiger partial charge < -0.3 is 10.2 Å². The van der Waals surface area contributed by atoms with Crippen molar-refractivity contribution in [3.05, 3.63) is 59.9 Å². The highest BCUT2D eigenvalue weighted by molar-refractivity contribution is 6.05. The van der Waals surface area contributed by atoms with Crippen molar-refractivity contribution < 1.29 is 14.0 Å². The molecule has 1 fully saturated rings. The minimum Gasteiger partial charge on any atom is -0.323 e. The van der Waals surface area contributed by atoms with E-state index in [1.165, 1.54) is 12.1 Å². The molecule has 0 aromatic heterocycles. The van der Waals surface area contributed by atoms with E-state index in [1.807, 2.05) is 36.1 Å². The molecule has 4 nitrogen and oxygen atoms in total. The van der Waals surface area contributed by atoms with Gasteiger partial charge in [0.25, 0.3) is 0 Å². The van der Waals surface area contributed by atoms with Gasteiger partial charge >= 0.3 is 0 Å². The van der Waals surface area contributed by atoms with E-state index in [0.717, 1.165) is 17.7 Å². The second kappa shape index (κ2) is 5.99. The van der Waals surface area contributed by atoms with Gasteiger partial charge in [0.1, 0.15) is 5.82 Å². The number of carbonyl (C=O) groups excluding carboxylic acids is 2. The molecule has 0 saturated heterocycles. The Hall–Kier alpha value is -2.69. The van der Waals surface area contributed by atoms with Crippen LogP contribution in [0.4, 0.5) is 15.8 Å². The molecule has 0 spiro atoms. The van der Waals surface area contributed by atoms with Crippen LogP contribution in [0.2, 0.25) is 0 Å². The van der Waals surface area contributed by atoms with Crippen LogP contribution >= 0.6 is 0 Å². The number of anilines is 2. The lowest BCUT2D eigenvalue weighted by Gasteiger charge is -2.23. The van der Waals surface area contributed by atoms with Crippen LogP contribution in [0.3, 0.4) is 0 Å². The highest BCUT2D eigenvalue weighted by Gasteiger charge is 2.51. The zero-order chi connectivity index (χ0) is 17.6. The molecule has 0 bridgehead atoms. The maximum absolute atomic E-state index is 13.7. The monoisotopic (exact) mass is 338 g/mol. The topological polar surface area (TPSA) is 49.4 Å². The van der Waals surface area contributed by atoms with Gasteiger partial charge in [0.15, 0.2) is 0 Å². The fourth-order valence-electron chi connectivity index (χ4n) is 3.63. The second-order valence-electron chi connectivity index (χ2n) is 6.81. The molecule has 1 aliphatic heterocycles. The second-order valence-corrected chi connectivity index (χ2v) is 6.81. The van der Waals surface area contributed by atoms with Gasteiger partial charge in [-0.15, -0.1) is 0 Å². The molecule has 4 rings (SSSR count). The van der Waals surface area contributed by atoms with Crippen LogP contribution in [0, 0.1) is 17.7 Å². The van der Waals surface area contributed by atoms with Gasteiger partial charge in [-0.25, -0.2) is 4.39 Å². The molecule has 2 aromatic carbocycles. The highest BCUT2D eigenvalue weighted by Crippen LogP contribution is 2.44. The van der Waals surface area contributed by atoms with Crippen molar-refractivity contribution in [2.24, 2.45) is 11.8 Å². The predicted molar refractivity (Wildman–Crippen MR) is 93.7 cm³/mol. The number of nitrogens with zero attached hydrogens (tertiary/aromatic N) is 1. The number of rotatable bonds is 3. The van der Waals surface area contributed by atoms with E-state index in [1.54, 1.807) is 12.1 Å². The Kier molecular flexibility index (Phi) is 3.79. The summed E-state index contributed by atoms with van der Waals surface area (Å²) in [6, 6.07) is 14.0. The third-order valence-electron chi connectivity index (χ3n) is 5.02. The Balaban J connectivity index is 1.45. The number of carbonyl (C=O) groups is 2. The van der Waals surface area contributed by atoms with Crippen molar-refractivity contribution in [1.82, 2.24) is 0 Å². The molecular weight excluding hydrogens is 319 g/mol. The van der Waals surface area contributed by atoms with E-state index < -0.39 is 5.82 Å². The van der Waals surface area contributed by atoms with Gasteiger partial charge in [-0.2, -0.15) is 0 Å². The van der Waals surface area contributed by atoms with Gasteiger partial charge in [-0.3, -0.25) is 9.59 Å². The molecule has 2 amide bonds. The minimum absolute atomic E-state index is 0.00821. The van der Waals surface area contributed by atoms with Gasteiger partial charge in [-0.05, 0) is 43.5 Å². The summed E-state index contributed by atoms with van der Waals surface area (Å²) < 4.78 is 13.7. The minimum atomic E-state index is -0.471. The highest BCUT2D eigenvalue weighted by atomic mass is 19.1. The molecule has 2 aliphatic rings. The van der Waals surface area contributed by atoms with Gasteiger partial charge in [0, 0.05) is 11.7 Å². The van der Waals surface area contributed by atoms with Crippen molar-refractivity contribution >= 4 is 23.2 Å². The zero-order valence-electron chi connectivity index (χ0n) is 13.9. The number of amides is 2. The Morgan fingerprint density at radius 1 is 1.08 bits per heavy atom. The van der Waals surface area contributed by atoms with Crippen molar-refractivity contribution in [3.63, 3.8) is 0 Å². The third kappa shape index (κ3) is 2.80. The lowest BCUT2D eigenvalue weighted by atomic mass is 10.1. The fourth-order valence-corrected chi connectivity index (χ4v) is 3.63. The molecule has 1 saturated carbocycles. The molecule has 1 N–H and O–H groups in total. The third-order valence-corrected chi connectivity index (χ3v) is 5.02. The summed E-state index contributed by atoms with van der Waals surface area (Å²) in [6.45, 7) is 2.02. The van der Waals surface area contributed by atoms with Gasteiger partial charge in [0.05, 0.1) is 17.5 Å². The number of para-hydroxylation sites is 2. The van der Waals surface area contributed by atoms with Crippen LogP contribution < -0.4 is 10.2 Å². The van der Waals surface area contributed by atoms with Gasteiger partial charge in [0.2, 0.25) is 11.8 Å². The summed E-state index contributed by atoms with van der Waals surface area (Å²) in [6.07, 6.45) is 1.35. The number of hydrogen-bond donors (Lipinski definition) is 1. The van der Waals surface area contributed by atoms with E-state index in [4.69, 9.17) is 0 Å². The maximum atomic E-state index is 13.7. The molecule has 1 aliphatic carbocycles. The van der Waals surface area contributed by atoms with E-state index in [2.05, 4.69) is 5.32 Å². The molecular formula is C20H19FN2O2. The van der Waals surface area contributed by atoms with Crippen LogP contribution in [0.25, 0.3) is 0 Å². The lowest BCUT2D eigenvalue weighted by molar-refractivity contribution is -0.123. The van der Waals surface area contributed by atoms with Crippen LogP contribution in [-0.4, -0.2) is 17.9 Å². The summed E-state index contributed by atoms with van der Waals surface area (Å²) in [5.74, 6) is -1.47. The Bertz CT molecular complexity index is 851. The van der Waals surface area contributed by atoms with Crippen LogP contribution in [0.1, 0.15) is 18.9 Å². The maximum Gasteiger partial charge on any atom is 0.231 e. The Morgan fingerprint density at radius 3 is 2.60 bits per heavy atom. The van der Waals surface area contributed by atoms with E-state index in [0.29, 0.717) is 6.42 Å². The fraction of sp³-hybridized carbons (Fsp3) is 0.300.